The van der Waals surface area contributed by atoms with Crippen LogP contribution in [-0.2, 0) is 11.2 Å². The number of pyridine rings is 1. The van der Waals surface area contributed by atoms with E-state index in [1.54, 1.807) is 4.57 Å². The van der Waals surface area contributed by atoms with Gasteiger partial charge >= 0.3 is 6.09 Å². The molecule has 1 aromatic carbocycles. The van der Waals surface area contributed by atoms with Gasteiger partial charge < -0.3 is 4.74 Å². The number of ether oxygens (including phenoxy) is 1. The molecule has 0 spiro atoms. The van der Waals surface area contributed by atoms with Crippen LogP contribution in [0.5, 0.6) is 0 Å². The van der Waals surface area contributed by atoms with Crippen molar-refractivity contribution in [3.05, 3.63) is 42.2 Å². The van der Waals surface area contributed by atoms with E-state index in [1.165, 1.54) is 19.3 Å². The first-order valence-electron chi connectivity index (χ1n) is 9.52. The van der Waals surface area contributed by atoms with Crippen LogP contribution < -0.4 is 0 Å². The molecule has 0 aliphatic carbocycles. The van der Waals surface area contributed by atoms with Gasteiger partial charge in [-0.2, -0.15) is 0 Å². The van der Waals surface area contributed by atoms with E-state index in [2.05, 4.69) is 24.0 Å². The minimum Gasteiger partial charge on any atom is -0.443 e. The molecule has 2 aromatic heterocycles. The van der Waals surface area contributed by atoms with Crippen LogP contribution in [0, 0.1) is 0 Å². The maximum Gasteiger partial charge on any atom is 0.419 e. The van der Waals surface area contributed by atoms with Crippen molar-refractivity contribution in [2.45, 2.75) is 65.4 Å². The van der Waals surface area contributed by atoms with Gasteiger partial charge in [0.25, 0.3) is 0 Å². The maximum absolute atomic E-state index is 12.8. The summed E-state index contributed by atoms with van der Waals surface area (Å²) in [5.41, 5.74) is 2.21. The molecule has 0 saturated heterocycles. The van der Waals surface area contributed by atoms with E-state index in [0.717, 1.165) is 40.3 Å². The average molecular weight is 352 g/mol. The molecule has 3 aromatic rings. The zero-order valence-corrected chi connectivity index (χ0v) is 16.2. The predicted octanol–water partition coefficient (Wildman–Crippen LogP) is 6.10. The molecule has 26 heavy (non-hydrogen) atoms. The van der Waals surface area contributed by atoms with Gasteiger partial charge in [0.2, 0.25) is 0 Å². The number of hydrogen-bond acceptors (Lipinski definition) is 3. The molecule has 4 nitrogen and oxygen atoms in total. The van der Waals surface area contributed by atoms with Crippen LogP contribution in [0.1, 0.15) is 59.1 Å². The van der Waals surface area contributed by atoms with Crippen molar-refractivity contribution in [3.63, 3.8) is 0 Å². The lowest BCUT2D eigenvalue weighted by molar-refractivity contribution is 0.0551. The van der Waals surface area contributed by atoms with E-state index < -0.39 is 5.60 Å². The molecule has 0 amide bonds. The number of aryl methyl sites for hydroxylation is 1. The second kappa shape index (κ2) is 7.48. The molecule has 0 N–H and O–H groups in total. The average Bonchev–Trinajstić information content (AvgIpc) is 2.91. The number of nitrogens with zero attached hydrogens (tertiary/aromatic N) is 2. The van der Waals surface area contributed by atoms with Gasteiger partial charge in [-0.05, 0) is 45.7 Å². The maximum atomic E-state index is 12.8. The molecule has 0 aliphatic rings. The van der Waals surface area contributed by atoms with Gasteiger partial charge in [-0.25, -0.2) is 9.36 Å². The molecule has 0 atom stereocenters. The molecule has 0 saturated carbocycles. The van der Waals surface area contributed by atoms with Gasteiger partial charge in [-0.15, -0.1) is 0 Å². The van der Waals surface area contributed by atoms with Gasteiger partial charge in [0.05, 0.1) is 17.2 Å². The molecule has 0 bridgehead atoms. The van der Waals surface area contributed by atoms with Crippen LogP contribution >= 0.6 is 0 Å². The Labute approximate surface area is 155 Å². The summed E-state index contributed by atoms with van der Waals surface area (Å²) in [6, 6.07) is 10.1. The third-order valence-electron chi connectivity index (χ3n) is 4.48. The van der Waals surface area contributed by atoms with E-state index in [4.69, 9.17) is 4.74 Å². The van der Waals surface area contributed by atoms with E-state index >= 15 is 0 Å². The van der Waals surface area contributed by atoms with E-state index in [0.29, 0.717) is 0 Å². The third kappa shape index (κ3) is 3.90. The fourth-order valence-corrected chi connectivity index (χ4v) is 3.29. The normalized spacial score (nSPS) is 12.0. The highest BCUT2D eigenvalue weighted by Crippen LogP contribution is 2.30. The van der Waals surface area contributed by atoms with Gasteiger partial charge in [0.15, 0.2) is 0 Å². The number of unbranched alkanes of at least 4 members (excludes halogenated alkanes) is 3. The quantitative estimate of drug-likeness (QED) is 0.521. The highest BCUT2D eigenvalue weighted by molar-refractivity contribution is 6.12. The Bertz CT molecular complexity index is 919. The summed E-state index contributed by atoms with van der Waals surface area (Å²) < 4.78 is 7.26. The molecular formula is C22H28N2O2. The Balaban J connectivity index is 2.03. The molecular weight excluding hydrogens is 324 g/mol. The standard InChI is InChI=1S/C22H28N2O2/c1-5-6-7-8-11-16-14-18-17-12-9-10-13-19(17)24(20(18)15-23-16)21(25)26-22(2,3)4/h9-10,12-15H,5-8,11H2,1-4H3. The molecule has 3 rings (SSSR count). The van der Waals surface area contributed by atoms with Crippen molar-refractivity contribution >= 4 is 27.9 Å². The molecule has 138 valence electrons. The molecule has 0 fully saturated rings. The molecule has 2 heterocycles. The number of benzene rings is 1. The molecule has 4 heteroatoms. The second-order valence-corrected chi connectivity index (χ2v) is 7.84. The first kappa shape index (κ1) is 18.4. The fourth-order valence-electron chi connectivity index (χ4n) is 3.29. The SMILES string of the molecule is CCCCCCc1cc2c3ccccc3n(C(=O)OC(C)(C)C)c2cn1. The summed E-state index contributed by atoms with van der Waals surface area (Å²) in [5, 5.41) is 2.12. The summed E-state index contributed by atoms with van der Waals surface area (Å²) in [6.07, 6.45) is 7.31. The number of carbonyl (C=O) groups is 1. The van der Waals surface area contributed by atoms with Crippen molar-refractivity contribution in [1.29, 1.82) is 0 Å². The van der Waals surface area contributed by atoms with Crippen molar-refractivity contribution in [3.8, 4) is 0 Å². The summed E-state index contributed by atoms with van der Waals surface area (Å²) in [7, 11) is 0. The highest BCUT2D eigenvalue weighted by Gasteiger charge is 2.22. The van der Waals surface area contributed by atoms with Crippen LogP contribution in [0.25, 0.3) is 21.8 Å². The van der Waals surface area contributed by atoms with Crippen LogP contribution in [0.4, 0.5) is 4.79 Å². The zero-order valence-electron chi connectivity index (χ0n) is 16.2. The Kier molecular flexibility index (Phi) is 5.30. The zero-order chi connectivity index (χ0) is 18.7. The largest absolute Gasteiger partial charge is 0.443 e. The fraction of sp³-hybridized carbons (Fsp3) is 0.455. The van der Waals surface area contributed by atoms with Gasteiger partial charge in [-0.1, -0.05) is 44.4 Å². The van der Waals surface area contributed by atoms with Gasteiger partial charge in [0.1, 0.15) is 5.60 Å². The van der Waals surface area contributed by atoms with Crippen molar-refractivity contribution < 1.29 is 9.53 Å². The molecule has 0 radical (unpaired) electrons. The lowest BCUT2D eigenvalue weighted by atomic mass is 10.1. The number of para-hydroxylation sites is 1. The topological polar surface area (TPSA) is 44.1 Å². The number of carbonyl (C=O) groups excluding carboxylic acids is 1. The lowest BCUT2D eigenvalue weighted by Gasteiger charge is -2.20. The Hall–Kier alpha value is -2.36. The smallest absolute Gasteiger partial charge is 0.419 e. The van der Waals surface area contributed by atoms with Crippen LogP contribution in [0.15, 0.2) is 36.5 Å². The lowest BCUT2D eigenvalue weighted by Crippen LogP contribution is -2.27. The summed E-state index contributed by atoms with van der Waals surface area (Å²) in [5.74, 6) is 0. The van der Waals surface area contributed by atoms with Crippen LogP contribution in [0.3, 0.4) is 0 Å². The van der Waals surface area contributed by atoms with Gasteiger partial charge in [0, 0.05) is 16.5 Å². The first-order chi connectivity index (χ1) is 12.4. The second-order valence-electron chi connectivity index (χ2n) is 7.84. The number of aromatic nitrogens is 2. The Morgan fingerprint density at radius 3 is 2.58 bits per heavy atom. The Morgan fingerprint density at radius 1 is 1.08 bits per heavy atom. The van der Waals surface area contributed by atoms with Crippen molar-refractivity contribution in [2.75, 3.05) is 0 Å². The minimum absolute atomic E-state index is 0.360. The van der Waals surface area contributed by atoms with E-state index in [1.807, 2.05) is 45.2 Å². The predicted molar refractivity (Wildman–Crippen MR) is 107 cm³/mol. The highest BCUT2D eigenvalue weighted by atomic mass is 16.6. The first-order valence-corrected chi connectivity index (χ1v) is 9.52. The summed E-state index contributed by atoms with van der Waals surface area (Å²) >= 11 is 0. The van der Waals surface area contributed by atoms with Crippen LogP contribution in [0.2, 0.25) is 0 Å². The summed E-state index contributed by atoms with van der Waals surface area (Å²) in [6.45, 7) is 7.86. The number of rotatable bonds is 5. The molecule has 0 aliphatic heterocycles. The third-order valence-corrected chi connectivity index (χ3v) is 4.48. The van der Waals surface area contributed by atoms with Crippen LogP contribution in [-0.4, -0.2) is 21.2 Å². The minimum atomic E-state index is -0.540. The monoisotopic (exact) mass is 352 g/mol. The Morgan fingerprint density at radius 2 is 1.85 bits per heavy atom. The number of hydrogen-bond donors (Lipinski definition) is 0. The van der Waals surface area contributed by atoms with E-state index in [-0.39, 0.29) is 6.09 Å². The van der Waals surface area contributed by atoms with Gasteiger partial charge in [-0.3, -0.25) is 4.98 Å². The van der Waals surface area contributed by atoms with E-state index in [9.17, 15) is 4.79 Å². The van der Waals surface area contributed by atoms with Crippen molar-refractivity contribution in [2.24, 2.45) is 0 Å². The molecule has 0 unspecified atom stereocenters. The van der Waals surface area contributed by atoms with Crippen molar-refractivity contribution in [1.82, 2.24) is 9.55 Å². The summed E-state index contributed by atoms with van der Waals surface area (Å²) in [4.78, 5) is 17.4. The number of fused-ring (bicyclic) bond motifs is 3.